The third kappa shape index (κ3) is 5.71. The zero-order valence-electron chi connectivity index (χ0n) is 16.3. The first-order chi connectivity index (χ1) is 14.4. The van der Waals surface area contributed by atoms with Gasteiger partial charge in [-0.2, -0.15) is 0 Å². The molecule has 9 heteroatoms. The van der Waals surface area contributed by atoms with Crippen LogP contribution in [0.4, 0.5) is 5.69 Å². The van der Waals surface area contributed by atoms with E-state index >= 15 is 0 Å². The molecule has 2 N–H and O–H groups in total. The number of ether oxygens (including phenoxy) is 2. The van der Waals surface area contributed by atoms with Crippen LogP contribution in [-0.4, -0.2) is 31.1 Å². The lowest BCUT2D eigenvalue weighted by atomic mass is 10.1. The van der Waals surface area contributed by atoms with E-state index in [4.69, 9.17) is 16.3 Å². The van der Waals surface area contributed by atoms with Crippen molar-refractivity contribution in [2.45, 2.75) is 18.8 Å². The van der Waals surface area contributed by atoms with Gasteiger partial charge in [-0.25, -0.2) is 4.79 Å². The van der Waals surface area contributed by atoms with Crippen molar-refractivity contribution in [1.82, 2.24) is 5.32 Å². The van der Waals surface area contributed by atoms with Crippen LogP contribution >= 0.6 is 39.3 Å². The Morgan fingerprint density at radius 3 is 2.70 bits per heavy atom. The molecule has 6 nitrogen and oxygen atoms in total. The monoisotopic (exact) mass is 510 g/mol. The number of hydrogen-bond donors (Lipinski definition) is 2. The van der Waals surface area contributed by atoms with Crippen molar-refractivity contribution in [1.29, 1.82) is 0 Å². The van der Waals surface area contributed by atoms with Crippen LogP contribution < -0.4 is 15.4 Å². The van der Waals surface area contributed by atoms with E-state index in [1.54, 1.807) is 18.2 Å². The third-order valence-electron chi connectivity index (χ3n) is 4.27. The van der Waals surface area contributed by atoms with Crippen molar-refractivity contribution in [2.24, 2.45) is 0 Å². The highest BCUT2D eigenvalue weighted by molar-refractivity contribution is 9.10. The van der Waals surface area contributed by atoms with Gasteiger partial charge in [-0.15, -0.1) is 0 Å². The molecule has 3 rings (SSSR count). The highest BCUT2D eigenvalue weighted by Crippen LogP contribution is 2.37. The van der Waals surface area contributed by atoms with Crippen LogP contribution in [0.5, 0.6) is 5.75 Å². The van der Waals surface area contributed by atoms with E-state index in [2.05, 4.69) is 50.4 Å². The van der Waals surface area contributed by atoms with Crippen LogP contribution in [0.2, 0.25) is 5.02 Å². The second-order valence-corrected chi connectivity index (χ2v) is 8.76. The molecule has 0 radical (unpaired) electrons. The highest BCUT2D eigenvalue weighted by Gasteiger charge is 2.27. The summed E-state index contributed by atoms with van der Waals surface area (Å²) in [5.74, 6) is -0.338. The van der Waals surface area contributed by atoms with Crippen molar-refractivity contribution in [2.75, 3.05) is 19.0 Å². The molecule has 1 saturated heterocycles. The Morgan fingerprint density at radius 1 is 1.33 bits per heavy atom. The smallest absolute Gasteiger partial charge is 0.343 e. The molecule has 30 heavy (non-hydrogen) atoms. The molecule has 1 atom stereocenters. The van der Waals surface area contributed by atoms with Crippen molar-refractivity contribution in [3.8, 4) is 5.75 Å². The number of nitrogens with one attached hydrogen (secondary N) is 2. The van der Waals surface area contributed by atoms with Gasteiger partial charge in [0, 0.05) is 5.69 Å². The topological polar surface area (TPSA) is 76.7 Å². The number of methoxy groups -OCH3 is 1. The number of hydrogen-bond acceptors (Lipinski definition) is 6. The summed E-state index contributed by atoms with van der Waals surface area (Å²) in [4.78, 5) is 24.2. The number of carbonyl (C=O) groups excluding carboxylic acids is 2. The predicted octanol–water partition coefficient (Wildman–Crippen LogP) is 4.82. The number of rotatable bonds is 7. The van der Waals surface area contributed by atoms with Crippen molar-refractivity contribution >= 4 is 62.9 Å². The first kappa shape index (κ1) is 22.5. The number of amides is 1. The second-order valence-electron chi connectivity index (χ2n) is 6.35. The minimum atomic E-state index is -0.508. The summed E-state index contributed by atoms with van der Waals surface area (Å²) >= 11 is 11.1. The van der Waals surface area contributed by atoms with Gasteiger partial charge >= 0.3 is 5.97 Å². The molecule has 0 unspecified atom stereocenters. The van der Waals surface area contributed by atoms with E-state index in [0.29, 0.717) is 20.2 Å². The molecule has 2 aromatic rings. The van der Waals surface area contributed by atoms with Gasteiger partial charge in [0.1, 0.15) is 0 Å². The Balaban J connectivity index is 1.70. The van der Waals surface area contributed by atoms with Gasteiger partial charge in [-0.3, -0.25) is 4.79 Å². The predicted molar refractivity (Wildman–Crippen MR) is 124 cm³/mol. The molecule has 0 spiro atoms. The standard InChI is InChI=1S/C21H20BrClN2O4S/c1-3-12-4-6-14(7-5-12)24-21-25-20(27)17(30-21)10-13-8-15(22)19(16(23)9-13)29-11-18(26)28-2/h4-10,21,24H,3,11H2,1-2H3,(H,25,27)/b17-10-/t21-/m0/s1. The van der Waals surface area contributed by atoms with Gasteiger partial charge < -0.3 is 20.1 Å². The molecule has 0 saturated carbocycles. The Labute approximate surface area is 192 Å². The summed E-state index contributed by atoms with van der Waals surface area (Å²) in [6.07, 6.45) is 2.73. The number of aryl methyl sites for hydroxylation is 1. The number of anilines is 1. The second kappa shape index (κ2) is 10.2. The van der Waals surface area contributed by atoms with E-state index in [1.807, 2.05) is 12.1 Å². The summed E-state index contributed by atoms with van der Waals surface area (Å²) in [5.41, 5.74) is 2.65. The van der Waals surface area contributed by atoms with Crippen LogP contribution in [0.3, 0.4) is 0 Å². The van der Waals surface area contributed by atoms with Crippen molar-refractivity contribution in [3.05, 3.63) is 61.9 Å². The summed E-state index contributed by atoms with van der Waals surface area (Å²) in [5, 5.41) is 6.51. The van der Waals surface area contributed by atoms with Gasteiger partial charge in [0.15, 0.2) is 17.9 Å². The fraction of sp³-hybridized carbons (Fsp3) is 0.238. The first-order valence-corrected chi connectivity index (χ1v) is 11.2. The Hall–Kier alpha value is -2.16. The van der Waals surface area contributed by atoms with E-state index < -0.39 is 5.97 Å². The SMILES string of the molecule is CCc1ccc(N[C@H]2NC(=O)/C(=C/c3cc(Cl)c(OCC(=O)OC)c(Br)c3)S2)cc1. The number of thioether (sulfide) groups is 1. The normalized spacial score (nSPS) is 17.0. The number of benzene rings is 2. The Morgan fingerprint density at radius 2 is 2.07 bits per heavy atom. The van der Waals surface area contributed by atoms with E-state index in [0.717, 1.165) is 17.7 Å². The fourth-order valence-corrected chi connectivity index (χ4v) is 4.67. The molecule has 0 aromatic heterocycles. The molecule has 1 fully saturated rings. The molecule has 1 heterocycles. The van der Waals surface area contributed by atoms with E-state index in [1.165, 1.54) is 24.4 Å². The fourth-order valence-electron chi connectivity index (χ4n) is 2.70. The van der Waals surface area contributed by atoms with Crippen LogP contribution in [0, 0.1) is 0 Å². The van der Waals surface area contributed by atoms with Crippen molar-refractivity contribution < 1.29 is 19.1 Å². The summed E-state index contributed by atoms with van der Waals surface area (Å²) in [6, 6.07) is 11.6. The van der Waals surface area contributed by atoms with Crippen molar-refractivity contribution in [3.63, 3.8) is 0 Å². The number of esters is 1. The zero-order valence-corrected chi connectivity index (χ0v) is 19.5. The third-order valence-corrected chi connectivity index (χ3v) is 6.17. The molecule has 0 aliphatic carbocycles. The number of carbonyl (C=O) groups is 2. The lowest BCUT2D eigenvalue weighted by Crippen LogP contribution is -2.30. The van der Waals surface area contributed by atoms with Gasteiger partial charge in [-0.1, -0.05) is 42.4 Å². The van der Waals surface area contributed by atoms with Gasteiger partial charge in [0.25, 0.3) is 5.91 Å². The van der Waals surface area contributed by atoms with Crippen LogP contribution in [-0.2, 0) is 20.7 Å². The molecule has 2 aromatic carbocycles. The average molecular weight is 512 g/mol. The van der Waals surface area contributed by atoms with Crippen LogP contribution in [0.15, 0.2) is 45.8 Å². The van der Waals surface area contributed by atoms with Crippen LogP contribution in [0.1, 0.15) is 18.1 Å². The molecule has 1 aliphatic rings. The number of halogens is 2. The maximum absolute atomic E-state index is 12.4. The summed E-state index contributed by atoms with van der Waals surface area (Å²) in [7, 11) is 1.28. The summed E-state index contributed by atoms with van der Waals surface area (Å²) in [6.45, 7) is 1.86. The molecule has 1 amide bonds. The summed E-state index contributed by atoms with van der Waals surface area (Å²) < 4.78 is 10.5. The zero-order chi connectivity index (χ0) is 21.7. The maximum atomic E-state index is 12.4. The molecular formula is C21H20BrClN2O4S. The van der Waals surface area contributed by atoms with Gasteiger partial charge in [0.05, 0.1) is 21.5 Å². The highest BCUT2D eigenvalue weighted by atomic mass is 79.9. The molecule has 0 bridgehead atoms. The van der Waals surface area contributed by atoms with E-state index in [9.17, 15) is 9.59 Å². The Kier molecular flexibility index (Phi) is 7.69. The van der Waals surface area contributed by atoms with Crippen LogP contribution in [0.25, 0.3) is 6.08 Å². The lowest BCUT2D eigenvalue weighted by molar-refractivity contribution is -0.142. The average Bonchev–Trinajstić information content (AvgIpc) is 3.06. The maximum Gasteiger partial charge on any atom is 0.343 e. The van der Waals surface area contributed by atoms with Gasteiger partial charge in [0.2, 0.25) is 0 Å². The first-order valence-electron chi connectivity index (χ1n) is 9.13. The minimum Gasteiger partial charge on any atom is -0.479 e. The van der Waals surface area contributed by atoms with Gasteiger partial charge in [-0.05, 0) is 63.8 Å². The van der Waals surface area contributed by atoms with E-state index in [-0.39, 0.29) is 18.0 Å². The molecule has 158 valence electrons. The largest absolute Gasteiger partial charge is 0.479 e. The molecular weight excluding hydrogens is 492 g/mol. The lowest BCUT2D eigenvalue weighted by Gasteiger charge is -2.13. The quantitative estimate of drug-likeness (QED) is 0.410. The Bertz CT molecular complexity index is 958. The minimum absolute atomic E-state index is 0.166. The molecule has 1 aliphatic heterocycles.